The van der Waals surface area contributed by atoms with Crippen LogP contribution in [0.1, 0.15) is 62.7 Å². The Morgan fingerprint density at radius 3 is 2.22 bits per heavy atom. The maximum absolute atomic E-state index is 14.5. The third kappa shape index (κ3) is 4.22. The number of unbranched alkanes of at least 4 members (excludes halogenated alkanes) is 1. The molecule has 1 heterocycles. The number of methoxy groups -OCH3 is 3. The van der Waals surface area contributed by atoms with Gasteiger partial charge in [-0.2, -0.15) is 4.39 Å². The highest BCUT2D eigenvalue weighted by Crippen LogP contribution is 2.41. The zero-order valence-electron chi connectivity index (χ0n) is 21.3. The van der Waals surface area contributed by atoms with Crippen molar-refractivity contribution < 1.29 is 28.2 Å². The molecule has 0 amide bonds. The van der Waals surface area contributed by atoms with E-state index in [9.17, 15) is 23.6 Å². The van der Waals surface area contributed by atoms with E-state index in [0.717, 1.165) is 15.3 Å². The number of aromatic nitrogens is 2. The Balaban J connectivity index is 1.92. The van der Waals surface area contributed by atoms with E-state index in [2.05, 4.69) is 0 Å². The molecule has 0 radical (unpaired) electrons. The number of hydrogen-bond acceptors (Lipinski definition) is 7. The van der Waals surface area contributed by atoms with Crippen LogP contribution in [0.4, 0.5) is 4.39 Å². The van der Waals surface area contributed by atoms with Crippen LogP contribution in [0.2, 0.25) is 0 Å². The highest BCUT2D eigenvalue weighted by Gasteiger charge is 2.37. The lowest BCUT2D eigenvalue weighted by Gasteiger charge is -2.25. The number of rotatable bonds is 8. The molecule has 0 unspecified atom stereocenters. The molecule has 4 rings (SSSR count). The smallest absolute Gasteiger partial charge is 0.331 e. The lowest BCUT2D eigenvalue weighted by atomic mass is 9.80. The Labute approximate surface area is 212 Å². The Morgan fingerprint density at radius 2 is 1.59 bits per heavy atom. The van der Waals surface area contributed by atoms with E-state index in [1.165, 1.54) is 33.5 Å². The zero-order valence-corrected chi connectivity index (χ0v) is 21.3. The van der Waals surface area contributed by atoms with Crippen molar-refractivity contribution in [3.63, 3.8) is 0 Å². The van der Waals surface area contributed by atoms with Crippen molar-refractivity contribution in [2.45, 2.75) is 39.8 Å². The van der Waals surface area contributed by atoms with Crippen molar-refractivity contribution in [1.29, 1.82) is 0 Å². The summed E-state index contributed by atoms with van der Waals surface area (Å²) >= 11 is 0. The molecule has 0 saturated heterocycles. The fourth-order valence-electron chi connectivity index (χ4n) is 4.62. The first kappa shape index (κ1) is 25.9. The van der Waals surface area contributed by atoms with Crippen LogP contribution in [-0.2, 0) is 13.1 Å². The molecule has 0 N–H and O–H groups in total. The number of ketones is 2. The topological polar surface area (TPSA) is 106 Å². The van der Waals surface area contributed by atoms with E-state index in [1.54, 1.807) is 13.0 Å². The minimum Gasteiger partial charge on any atom is -0.497 e. The average molecular weight is 511 g/mol. The van der Waals surface area contributed by atoms with Gasteiger partial charge in [-0.25, -0.2) is 4.79 Å². The van der Waals surface area contributed by atoms with Crippen molar-refractivity contribution in [3.05, 3.63) is 84.4 Å². The van der Waals surface area contributed by atoms with E-state index in [-0.39, 0.29) is 46.8 Å². The van der Waals surface area contributed by atoms with Gasteiger partial charge in [-0.1, -0.05) is 13.3 Å². The Kier molecular flexibility index (Phi) is 7.02. The molecule has 37 heavy (non-hydrogen) atoms. The molecule has 1 aliphatic rings. The summed E-state index contributed by atoms with van der Waals surface area (Å²) in [6, 6.07) is 4.55. The summed E-state index contributed by atoms with van der Waals surface area (Å²) in [5, 5.41) is 0. The van der Waals surface area contributed by atoms with Crippen LogP contribution in [0.5, 0.6) is 17.2 Å². The van der Waals surface area contributed by atoms with Gasteiger partial charge in [-0.3, -0.25) is 23.5 Å². The molecule has 0 fully saturated rings. The highest BCUT2D eigenvalue weighted by atomic mass is 19.1. The van der Waals surface area contributed by atoms with Crippen molar-refractivity contribution in [2.24, 2.45) is 0 Å². The second kappa shape index (κ2) is 10.0. The number of ether oxygens (including phenoxy) is 3. The van der Waals surface area contributed by atoms with Crippen LogP contribution in [0.25, 0.3) is 0 Å². The van der Waals surface area contributed by atoms with Gasteiger partial charge < -0.3 is 14.2 Å². The van der Waals surface area contributed by atoms with Crippen LogP contribution in [0, 0.1) is 12.7 Å². The quantitative estimate of drug-likeness (QED) is 0.359. The van der Waals surface area contributed by atoms with Crippen LogP contribution in [0.15, 0.2) is 34.0 Å². The van der Waals surface area contributed by atoms with Gasteiger partial charge in [-0.05, 0) is 31.0 Å². The summed E-state index contributed by atoms with van der Waals surface area (Å²) < 4.78 is 32.7. The molecule has 0 spiro atoms. The number of carbonyl (C=O) groups is 2. The van der Waals surface area contributed by atoms with Gasteiger partial charge in [0.2, 0.25) is 11.6 Å². The Hall–Kier alpha value is -4.21. The van der Waals surface area contributed by atoms with Gasteiger partial charge in [0.1, 0.15) is 17.2 Å². The first-order chi connectivity index (χ1) is 17.7. The Bertz CT molecular complexity index is 1550. The van der Waals surface area contributed by atoms with Crippen molar-refractivity contribution in [3.8, 4) is 17.2 Å². The number of hydrogen-bond donors (Lipinski definition) is 0. The van der Waals surface area contributed by atoms with Gasteiger partial charge in [0.15, 0.2) is 5.78 Å². The molecule has 0 bridgehead atoms. The van der Waals surface area contributed by atoms with Crippen LogP contribution in [-0.4, -0.2) is 42.0 Å². The van der Waals surface area contributed by atoms with Crippen molar-refractivity contribution in [1.82, 2.24) is 9.13 Å². The minimum atomic E-state index is -1.07. The SMILES string of the molecule is CCCCn1c(=O)c(F)cn(Cc2c(C)cc3c(c2OC)C(=O)c2c(OC)cc(OC)cc2C3=O)c1=O. The predicted molar refractivity (Wildman–Crippen MR) is 133 cm³/mol. The summed E-state index contributed by atoms with van der Waals surface area (Å²) in [5.74, 6) is -1.34. The molecule has 1 aromatic heterocycles. The number of nitrogens with zero attached hydrogens (tertiary/aromatic N) is 2. The predicted octanol–water partition coefficient (Wildman–Crippen LogP) is 3.11. The van der Waals surface area contributed by atoms with E-state index in [0.29, 0.717) is 29.7 Å². The monoisotopic (exact) mass is 510 g/mol. The first-order valence-corrected chi connectivity index (χ1v) is 11.7. The van der Waals surface area contributed by atoms with Gasteiger partial charge in [0.25, 0.3) is 5.56 Å². The van der Waals surface area contributed by atoms with E-state index in [4.69, 9.17) is 14.2 Å². The maximum atomic E-state index is 14.5. The molecule has 9 nitrogen and oxygen atoms in total. The van der Waals surface area contributed by atoms with Gasteiger partial charge >= 0.3 is 5.69 Å². The Morgan fingerprint density at radius 1 is 0.892 bits per heavy atom. The lowest BCUT2D eigenvalue weighted by Crippen LogP contribution is -2.41. The summed E-state index contributed by atoms with van der Waals surface area (Å²) in [6.45, 7) is 3.50. The van der Waals surface area contributed by atoms with Gasteiger partial charge in [-0.15, -0.1) is 0 Å². The fourth-order valence-corrected chi connectivity index (χ4v) is 4.62. The molecule has 2 aromatic carbocycles. The fraction of sp³-hybridized carbons (Fsp3) is 0.333. The average Bonchev–Trinajstić information content (AvgIpc) is 2.89. The van der Waals surface area contributed by atoms with Gasteiger partial charge in [0, 0.05) is 29.3 Å². The minimum absolute atomic E-state index is 0.0249. The molecule has 194 valence electrons. The summed E-state index contributed by atoms with van der Waals surface area (Å²) in [5.41, 5.74) is -0.331. The zero-order chi connectivity index (χ0) is 27.0. The molecule has 1 aliphatic carbocycles. The summed E-state index contributed by atoms with van der Waals surface area (Å²) in [4.78, 5) is 52.5. The highest BCUT2D eigenvalue weighted by molar-refractivity contribution is 6.30. The first-order valence-electron chi connectivity index (χ1n) is 11.7. The third-order valence-electron chi connectivity index (χ3n) is 6.55. The summed E-state index contributed by atoms with van der Waals surface area (Å²) in [6.07, 6.45) is 2.10. The van der Waals surface area contributed by atoms with Crippen LogP contribution >= 0.6 is 0 Å². The van der Waals surface area contributed by atoms with Gasteiger partial charge in [0.05, 0.1) is 45.2 Å². The van der Waals surface area contributed by atoms with E-state index >= 15 is 0 Å². The summed E-state index contributed by atoms with van der Waals surface area (Å²) in [7, 11) is 4.18. The van der Waals surface area contributed by atoms with Crippen molar-refractivity contribution >= 4 is 11.6 Å². The molecule has 10 heteroatoms. The number of fused-ring (bicyclic) bond motifs is 2. The normalized spacial score (nSPS) is 12.3. The van der Waals surface area contributed by atoms with Crippen LogP contribution in [0.3, 0.4) is 0 Å². The third-order valence-corrected chi connectivity index (χ3v) is 6.55. The van der Waals surface area contributed by atoms with Crippen molar-refractivity contribution in [2.75, 3.05) is 21.3 Å². The molecule has 0 aliphatic heterocycles. The number of benzene rings is 2. The standard InChI is InChI=1S/C27H27FN2O7/c1-6-7-8-30-26(33)19(28)13-29(27(30)34)12-18-14(2)9-16-22(25(18)37-5)24(32)21-17(23(16)31)10-15(35-3)11-20(21)36-4/h9-11,13H,6-8,12H2,1-5H3. The molecular weight excluding hydrogens is 483 g/mol. The van der Waals surface area contributed by atoms with E-state index < -0.39 is 28.6 Å². The largest absolute Gasteiger partial charge is 0.497 e. The maximum Gasteiger partial charge on any atom is 0.331 e. The lowest BCUT2D eigenvalue weighted by molar-refractivity contribution is 0.0973. The molecule has 0 saturated carbocycles. The molecule has 0 atom stereocenters. The number of aryl methyl sites for hydroxylation is 1. The van der Waals surface area contributed by atoms with E-state index in [1.807, 2.05) is 6.92 Å². The molecule has 3 aromatic rings. The molecular formula is C27H27FN2O7. The second-order valence-electron chi connectivity index (χ2n) is 8.74. The van der Waals surface area contributed by atoms with Crippen LogP contribution < -0.4 is 25.5 Å². The number of carbonyl (C=O) groups excluding carboxylic acids is 2. The number of halogens is 1. The second-order valence-corrected chi connectivity index (χ2v) is 8.74.